The molecule has 7 nitrogen and oxygen atoms in total. The van der Waals surface area contributed by atoms with Crippen LogP contribution in [0.15, 0.2) is 48.5 Å². The molecule has 1 aliphatic heterocycles. The first-order chi connectivity index (χ1) is 14.9. The number of anilines is 1. The van der Waals surface area contributed by atoms with Crippen LogP contribution in [0.25, 0.3) is 0 Å². The highest BCUT2D eigenvalue weighted by Crippen LogP contribution is 2.38. The highest BCUT2D eigenvalue weighted by Gasteiger charge is 2.55. The minimum absolute atomic E-state index is 0.0320. The molecule has 4 amide bonds. The highest BCUT2D eigenvalue weighted by molar-refractivity contribution is 6.31. The van der Waals surface area contributed by atoms with Crippen molar-refractivity contribution in [1.82, 2.24) is 10.2 Å². The number of amides is 4. The molecule has 2 N–H and O–H groups in total. The van der Waals surface area contributed by atoms with Crippen LogP contribution in [-0.4, -0.2) is 34.8 Å². The Morgan fingerprint density at radius 2 is 2.00 bits per heavy atom. The average molecular weight is 442 g/mol. The van der Waals surface area contributed by atoms with E-state index in [9.17, 15) is 14.4 Å². The van der Waals surface area contributed by atoms with Crippen molar-refractivity contribution in [2.75, 3.05) is 11.9 Å². The van der Waals surface area contributed by atoms with Crippen molar-refractivity contribution in [2.45, 2.75) is 38.1 Å². The third-order valence-electron chi connectivity index (χ3n) is 5.99. The smallest absolute Gasteiger partial charge is 0.325 e. The van der Waals surface area contributed by atoms with Crippen LogP contribution in [-0.2, 0) is 9.59 Å². The Labute approximate surface area is 185 Å². The summed E-state index contributed by atoms with van der Waals surface area (Å²) in [5, 5.41) is 5.99. The summed E-state index contributed by atoms with van der Waals surface area (Å²) >= 11 is 6.10. The van der Waals surface area contributed by atoms with Crippen LogP contribution in [0.1, 0.15) is 32.6 Å². The molecule has 1 spiro atoms. The molecule has 1 saturated heterocycles. The molecule has 0 aromatic heterocycles. The summed E-state index contributed by atoms with van der Waals surface area (Å²) in [6.45, 7) is 1.59. The van der Waals surface area contributed by atoms with Crippen molar-refractivity contribution in [3.63, 3.8) is 0 Å². The van der Waals surface area contributed by atoms with Crippen molar-refractivity contribution in [2.24, 2.45) is 5.92 Å². The number of nitrogens with zero attached hydrogens (tertiary/aromatic N) is 1. The lowest BCUT2D eigenvalue weighted by Crippen LogP contribution is -2.54. The first-order valence-electron chi connectivity index (χ1n) is 10.4. The molecular weight excluding hydrogens is 418 g/mol. The summed E-state index contributed by atoms with van der Waals surface area (Å²) < 4.78 is 5.85. The number of halogens is 1. The van der Waals surface area contributed by atoms with E-state index in [1.807, 2.05) is 25.1 Å². The third-order valence-corrected chi connectivity index (χ3v) is 6.22. The van der Waals surface area contributed by atoms with Gasteiger partial charge in [0.15, 0.2) is 5.75 Å². The van der Waals surface area contributed by atoms with Gasteiger partial charge in [-0.1, -0.05) is 49.6 Å². The number of ether oxygens (including phenoxy) is 1. The molecule has 8 heteroatoms. The molecule has 0 bridgehead atoms. The van der Waals surface area contributed by atoms with Gasteiger partial charge < -0.3 is 15.4 Å². The van der Waals surface area contributed by atoms with Crippen LogP contribution in [0, 0.1) is 5.92 Å². The summed E-state index contributed by atoms with van der Waals surface area (Å²) in [5.74, 6) is 0.196. The fourth-order valence-electron chi connectivity index (χ4n) is 4.28. The Morgan fingerprint density at radius 1 is 1.23 bits per heavy atom. The number of hydrogen-bond acceptors (Lipinski definition) is 4. The van der Waals surface area contributed by atoms with E-state index < -0.39 is 17.5 Å². The lowest BCUT2D eigenvalue weighted by molar-refractivity contribution is -0.136. The molecule has 162 valence electrons. The standard InChI is InChI=1S/C23H24ClN3O4/c1-15-7-5-6-12-23(15)21(29)27(22(30)26-23)14-20(28)25-18-13-16(24)10-11-19(18)31-17-8-3-2-4-9-17/h2-4,8-11,13,15H,5-7,12,14H2,1H3,(H,25,28)(H,26,30)/t15-,23-/m0/s1. The van der Waals surface area contributed by atoms with Gasteiger partial charge in [-0.15, -0.1) is 0 Å². The maximum Gasteiger partial charge on any atom is 0.325 e. The summed E-state index contributed by atoms with van der Waals surface area (Å²) in [5.41, 5.74) is -0.540. The van der Waals surface area contributed by atoms with Crippen molar-refractivity contribution in [1.29, 1.82) is 0 Å². The average Bonchev–Trinajstić information content (AvgIpc) is 2.98. The van der Waals surface area contributed by atoms with E-state index in [1.54, 1.807) is 30.3 Å². The summed E-state index contributed by atoms with van der Waals surface area (Å²) in [6.07, 6.45) is 3.37. The van der Waals surface area contributed by atoms with Gasteiger partial charge in [0.05, 0.1) is 5.69 Å². The number of imide groups is 1. The Balaban J connectivity index is 1.48. The molecular formula is C23H24ClN3O4. The van der Waals surface area contributed by atoms with Crippen LogP contribution < -0.4 is 15.4 Å². The van der Waals surface area contributed by atoms with Gasteiger partial charge in [-0.2, -0.15) is 0 Å². The topological polar surface area (TPSA) is 87.7 Å². The van der Waals surface area contributed by atoms with Crippen LogP contribution in [0.4, 0.5) is 10.5 Å². The quantitative estimate of drug-likeness (QED) is 0.665. The predicted molar refractivity (Wildman–Crippen MR) is 117 cm³/mol. The highest BCUT2D eigenvalue weighted by atomic mass is 35.5. The van der Waals surface area contributed by atoms with E-state index >= 15 is 0 Å². The largest absolute Gasteiger partial charge is 0.455 e. The second-order valence-corrected chi connectivity index (χ2v) is 8.48. The van der Waals surface area contributed by atoms with E-state index in [1.165, 1.54) is 0 Å². The van der Waals surface area contributed by atoms with E-state index in [-0.39, 0.29) is 18.4 Å². The molecule has 2 aliphatic rings. The number of hydrogen-bond donors (Lipinski definition) is 2. The fourth-order valence-corrected chi connectivity index (χ4v) is 4.45. The SMILES string of the molecule is C[C@H]1CCCC[C@]12NC(=O)N(CC(=O)Nc1cc(Cl)ccc1Oc1ccccc1)C2=O. The van der Waals surface area contributed by atoms with Gasteiger partial charge in [0.1, 0.15) is 17.8 Å². The first-order valence-corrected chi connectivity index (χ1v) is 10.7. The zero-order valence-corrected chi connectivity index (χ0v) is 17.9. The number of nitrogens with one attached hydrogen (secondary N) is 2. The molecule has 0 unspecified atom stereocenters. The number of rotatable bonds is 5. The maximum atomic E-state index is 13.1. The molecule has 2 atom stereocenters. The Kier molecular flexibility index (Phi) is 5.87. The maximum absolute atomic E-state index is 13.1. The molecule has 2 aromatic rings. The second-order valence-electron chi connectivity index (χ2n) is 8.04. The molecule has 31 heavy (non-hydrogen) atoms. The van der Waals surface area contributed by atoms with Crippen molar-refractivity contribution < 1.29 is 19.1 Å². The Bertz CT molecular complexity index is 1010. The molecule has 0 radical (unpaired) electrons. The van der Waals surface area contributed by atoms with Gasteiger partial charge in [-0.25, -0.2) is 4.79 Å². The van der Waals surface area contributed by atoms with Gasteiger partial charge in [0, 0.05) is 5.02 Å². The summed E-state index contributed by atoms with van der Waals surface area (Å²) in [7, 11) is 0. The van der Waals surface area contributed by atoms with E-state index in [0.29, 0.717) is 28.6 Å². The zero-order chi connectivity index (χ0) is 22.0. The number of urea groups is 1. The van der Waals surface area contributed by atoms with Crippen molar-refractivity contribution >= 4 is 35.1 Å². The normalized spacial score (nSPS) is 23.0. The van der Waals surface area contributed by atoms with Crippen LogP contribution >= 0.6 is 11.6 Å². The number of benzene rings is 2. The van der Waals surface area contributed by atoms with Crippen molar-refractivity contribution in [3.8, 4) is 11.5 Å². The molecule has 4 rings (SSSR count). The number of para-hydroxylation sites is 1. The molecule has 1 aliphatic carbocycles. The van der Waals surface area contributed by atoms with Gasteiger partial charge in [0.2, 0.25) is 5.91 Å². The van der Waals surface area contributed by atoms with Gasteiger partial charge in [-0.05, 0) is 49.1 Å². The minimum Gasteiger partial charge on any atom is -0.455 e. The summed E-state index contributed by atoms with van der Waals surface area (Å²) in [4.78, 5) is 39.3. The van der Waals surface area contributed by atoms with Crippen LogP contribution in [0.5, 0.6) is 11.5 Å². The molecule has 2 aromatic carbocycles. The minimum atomic E-state index is -0.896. The zero-order valence-electron chi connectivity index (χ0n) is 17.2. The van der Waals surface area contributed by atoms with E-state index in [4.69, 9.17) is 16.3 Å². The monoisotopic (exact) mass is 441 g/mol. The van der Waals surface area contributed by atoms with Crippen LogP contribution in [0.3, 0.4) is 0 Å². The van der Waals surface area contributed by atoms with E-state index in [2.05, 4.69) is 10.6 Å². The third kappa shape index (κ3) is 4.23. The van der Waals surface area contributed by atoms with Gasteiger partial charge in [-0.3, -0.25) is 14.5 Å². The van der Waals surface area contributed by atoms with Crippen molar-refractivity contribution in [3.05, 3.63) is 53.6 Å². The number of carbonyl (C=O) groups excluding carboxylic acids is 3. The Morgan fingerprint density at radius 3 is 2.74 bits per heavy atom. The fraction of sp³-hybridized carbons (Fsp3) is 0.348. The lowest BCUT2D eigenvalue weighted by Gasteiger charge is -2.36. The van der Waals surface area contributed by atoms with Gasteiger partial charge in [0.25, 0.3) is 5.91 Å². The lowest BCUT2D eigenvalue weighted by atomic mass is 9.73. The van der Waals surface area contributed by atoms with E-state index in [0.717, 1.165) is 24.2 Å². The second kappa shape index (κ2) is 8.59. The molecule has 2 fully saturated rings. The van der Waals surface area contributed by atoms with Crippen LogP contribution in [0.2, 0.25) is 5.02 Å². The predicted octanol–water partition coefficient (Wildman–Crippen LogP) is 4.57. The molecule has 1 heterocycles. The number of carbonyl (C=O) groups is 3. The summed E-state index contributed by atoms with van der Waals surface area (Å²) in [6, 6.07) is 13.5. The van der Waals surface area contributed by atoms with Gasteiger partial charge >= 0.3 is 6.03 Å². The Hall–Kier alpha value is -3.06. The molecule has 1 saturated carbocycles. The first kappa shape index (κ1) is 21.2.